The first kappa shape index (κ1) is 25.9. The van der Waals surface area contributed by atoms with Crippen molar-refractivity contribution in [3.8, 4) is 11.8 Å². The molecule has 2 heterocycles. The standard InChI is InChI=1S/C26H38F2N2O3/c1-18(2)19(3)31-23-16-24(17-23)32-22-9-13-30(14-10-22)21-8-12-29-20(15-21)7-11-26(27,28)33-25(4,5)6/h8,12,15,18-19,22-24H,9-10,13-14,16-17H2,1-6H3/t19-,23?,24?/m0/s1. The molecule has 1 aromatic rings. The molecule has 7 heteroatoms. The predicted molar refractivity (Wildman–Crippen MR) is 125 cm³/mol. The molecule has 2 aliphatic rings. The lowest BCUT2D eigenvalue weighted by atomic mass is 9.90. The molecule has 0 N–H and O–H groups in total. The minimum Gasteiger partial charge on any atom is -0.375 e. The van der Waals surface area contributed by atoms with E-state index >= 15 is 0 Å². The zero-order valence-corrected chi connectivity index (χ0v) is 20.7. The van der Waals surface area contributed by atoms with Crippen LogP contribution < -0.4 is 4.90 Å². The Bertz CT molecular complexity index is 830. The van der Waals surface area contributed by atoms with Crippen molar-refractivity contribution in [2.45, 2.75) is 103 Å². The molecule has 5 nitrogen and oxygen atoms in total. The van der Waals surface area contributed by atoms with Crippen LogP contribution in [0, 0.1) is 17.8 Å². The van der Waals surface area contributed by atoms with E-state index in [1.165, 1.54) is 0 Å². The lowest BCUT2D eigenvalue weighted by molar-refractivity contribution is -0.243. The molecule has 0 radical (unpaired) electrons. The number of hydrogen-bond donors (Lipinski definition) is 0. The van der Waals surface area contributed by atoms with Gasteiger partial charge in [0.1, 0.15) is 5.69 Å². The monoisotopic (exact) mass is 464 g/mol. The maximum absolute atomic E-state index is 13.9. The Hall–Kier alpha value is -1.75. The highest BCUT2D eigenvalue weighted by Crippen LogP contribution is 2.32. The largest absolute Gasteiger partial charge is 0.424 e. The number of aromatic nitrogens is 1. The van der Waals surface area contributed by atoms with E-state index in [0.29, 0.717) is 23.8 Å². The van der Waals surface area contributed by atoms with Crippen LogP contribution in [0.4, 0.5) is 14.5 Å². The Morgan fingerprint density at radius 2 is 1.73 bits per heavy atom. The number of hydrogen-bond acceptors (Lipinski definition) is 5. The SMILES string of the molecule is CC(C)[C@H](C)OC1CC(OC2CCN(c3ccnc(C#CC(F)(F)OC(C)(C)C)c3)CC2)C1. The first-order valence-corrected chi connectivity index (χ1v) is 12.0. The molecular weight excluding hydrogens is 426 g/mol. The van der Waals surface area contributed by atoms with Crippen molar-refractivity contribution in [2.24, 2.45) is 5.92 Å². The van der Waals surface area contributed by atoms with Crippen molar-refractivity contribution < 1.29 is 23.0 Å². The van der Waals surface area contributed by atoms with Crippen LogP contribution in [0.1, 0.15) is 72.9 Å². The van der Waals surface area contributed by atoms with Gasteiger partial charge in [-0.25, -0.2) is 4.98 Å². The van der Waals surface area contributed by atoms with Gasteiger partial charge in [-0.2, -0.15) is 8.78 Å². The third-order valence-corrected chi connectivity index (χ3v) is 6.10. The third-order valence-electron chi connectivity index (χ3n) is 6.10. The highest BCUT2D eigenvalue weighted by atomic mass is 19.3. The molecule has 0 unspecified atom stereocenters. The van der Waals surface area contributed by atoms with E-state index < -0.39 is 11.7 Å². The predicted octanol–water partition coefficient (Wildman–Crippen LogP) is 5.42. The van der Waals surface area contributed by atoms with Crippen LogP contribution in [0.15, 0.2) is 18.3 Å². The molecule has 1 aliphatic carbocycles. The van der Waals surface area contributed by atoms with Gasteiger partial charge in [-0.3, -0.25) is 0 Å². The van der Waals surface area contributed by atoms with Crippen molar-refractivity contribution in [3.63, 3.8) is 0 Å². The smallest absolute Gasteiger partial charge is 0.375 e. The van der Waals surface area contributed by atoms with E-state index in [4.69, 9.17) is 14.2 Å². The molecule has 184 valence electrons. The molecule has 1 aromatic heterocycles. The molecule has 2 fully saturated rings. The topological polar surface area (TPSA) is 43.8 Å². The number of nitrogens with zero attached hydrogens (tertiary/aromatic N) is 2. The van der Waals surface area contributed by atoms with E-state index in [9.17, 15) is 8.78 Å². The minimum absolute atomic E-state index is 0.254. The van der Waals surface area contributed by atoms with Crippen LogP contribution in [0.25, 0.3) is 0 Å². The maximum atomic E-state index is 13.9. The second kappa shape index (κ2) is 10.7. The van der Waals surface area contributed by atoms with Gasteiger partial charge in [-0.15, -0.1) is 0 Å². The van der Waals surface area contributed by atoms with Crippen molar-refractivity contribution in [3.05, 3.63) is 24.0 Å². The first-order chi connectivity index (χ1) is 15.4. The van der Waals surface area contributed by atoms with Crippen LogP contribution in [0.5, 0.6) is 0 Å². The van der Waals surface area contributed by atoms with Crippen molar-refractivity contribution in [1.82, 2.24) is 4.98 Å². The highest BCUT2D eigenvalue weighted by Gasteiger charge is 2.35. The second-order valence-corrected chi connectivity index (χ2v) is 10.5. The average Bonchev–Trinajstić information content (AvgIpc) is 2.69. The van der Waals surface area contributed by atoms with E-state index in [2.05, 4.69) is 36.6 Å². The normalized spacial score (nSPS) is 23.1. The molecule has 0 bridgehead atoms. The average molecular weight is 465 g/mol. The number of piperidine rings is 1. The summed E-state index contributed by atoms with van der Waals surface area (Å²) in [7, 11) is 0. The molecule has 33 heavy (non-hydrogen) atoms. The lowest BCUT2D eigenvalue weighted by Gasteiger charge is -2.41. The van der Waals surface area contributed by atoms with Gasteiger partial charge in [0.2, 0.25) is 0 Å². The summed E-state index contributed by atoms with van der Waals surface area (Å²) < 4.78 is 44.9. The number of anilines is 1. The van der Waals surface area contributed by atoms with Gasteiger partial charge in [0.15, 0.2) is 0 Å². The van der Waals surface area contributed by atoms with Gasteiger partial charge in [0, 0.05) is 30.9 Å². The van der Waals surface area contributed by atoms with E-state index in [1.54, 1.807) is 33.0 Å². The molecule has 1 aliphatic heterocycles. The fraction of sp³-hybridized carbons (Fsp3) is 0.731. The molecule has 1 atom stereocenters. The maximum Gasteiger partial charge on any atom is 0.424 e. The summed E-state index contributed by atoms with van der Waals surface area (Å²) in [5.41, 5.74) is 0.256. The molecule has 1 saturated heterocycles. The summed E-state index contributed by atoms with van der Waals surface area (Å²) in [4.78, 5) is 6.35. The van der Waals surface area contributed by atoms with Crippen LogP contribution >= 0.6 is 0 Å². The van der Waals surface area contributed by atoms with Crippen LogP contribution in [0.3, 0.4) is 0 Å². The van der Waals surface area contributed by atoms with E-state index in [-0.39, 0.29) is 12.2 Å². The zero-order chi connectivity index (χ0) is 24.2. The van der Waals surface area contributed by atoms with Gasteiger partial charge in [0.25, 0.3) is 0 Å². The Kier molecular flexibility index (Phi) is 8.36. The van der Waals surface area contributed by atoms with Gasteiger partial charge in [-0.1, -0.05) is 13.8 Å². The van der Waals surface area contributed by atoms with E-state index in [0.717, 1.165) is 44.5 Å². The molecule has 3 rings (SSSR count). The van der Waals surface area contributed by atoms with Gasteiger partial charge >= 0.3 is 6.11 Å². The fourth-order valence-corrected chi connectivity index (χ4v) is 3.95. The van der Waals surface area contributed by atoms with Gasteiger partial charge < -0.3 is 19.1 Å². The summed E-state index contributed by atoms with van der Waals surface area (Å²) in [6.07, 6.45) is 3.07. The van der Waals surface area contributed by atoms with Gasteiger partial charge in [-0.05, 0) is 77.3 Å². The Morgan fingerprint density at radius 1 is 1.06 bits per heavy atom. The Balaban J connectivity index is 1.46. The zero-order valence-electron chi connectivity index (χ0n) is 20.7. The second-order valence-electron chi connectivity index (χ2n) is 10.5. The molecule has 0 amide bonds. The summed E-state index contributed by atoms with van der Waals surface area (Å²) in [5.74, 6) is 4.90. The number of rotatable bonds is 7. The van der Waals surface area contributed by atoms with E-state index in [1.807, 2.05) is 12.0 Å². The minimum atomic E-state index is -3.52. The number of ether oxygens (including phenoxy) is 3. The van der Waals surface area contributed by atoms with Crippen molar-refractivity contribution in [2.75, 3.05) is 18.0 Å². The molecule has 0 spiro atoms. The molecular formula is C26H38F2N2O3. The van der Waals surface area contributed by atoms with Crippen LogP contribution in [-0.2, 0) is 14.2 Å². The number of alkyl halides is 2. The van der Waals surface area contributed by atoms with Crippen molar-refractivity contribution in [1.29, 1.82) is 0 Å². The van der Waals surface area contributed by atoms with Gasteiger partial charge in [0.05, 0.1) is 30.0 Å². The lowest BCUT2D eigenvalue weighted by Crippen LogP contribution is -2.44. The number of pyridine rings is 1. The summed E-state index contributed by atoms with van der Waals surface area (Å²) in [6, 6.07) is 3.64. The first-order valence-electron chi connectivity index (χ1n) is 12.0. The molecule has 1 saturated carbocycles. The highest BCUT2D eigenvalue weighted by molar-refractivity contribution is 5.50. The third kappa shape index (κ3) is 8.20. The quantitative estimate of drug-likeness (QED) is 0.504. The van der Waals surface area contributed by atoms with Crippen LogP contribution in [-0.4, -0.2) is 54.2 Å². The summed E-state index contributed by atoms with van der Waals surface area (Å²) in [5, 5.41) is 0. The summed E-state index contributed by atoms with van der Waals surface area (Å²) >= 11 is 0. The summed E-state index contributed by atoms with van der Waals surface area (Å²) in [6.45, 7) is 12.9. The van der Waals surface area contributed by atoms with Crippen molar-refractivity contribution >= 4 is 5.69 Å². The van der Waals surface area contributed by atoms with Crippen LogP contribution in [0.2, 0.25) is 0 Å². The Morgan fingerprint density at radius 3 is 2.33 bits per heavy atom. The Labute approximate surface area is 197 Å². The molecule has 0 aromatic carbocycles. The fourth-order valence-electron chi connectivity index (χ4n) is 3.95. The number of halogens is 2.